The quantitative estimate of drug-likeness (QED) is 0.756. The van der Waals surface area contributed by atoms with Gasteiger partial charge in [-0.15, -0.1) is 0 Å². The Hall–Kier alpha value is -1.57. The van der Waals surface area contributed by atoms with Gasteiger partial charge in [0.05, 0.1) is 0 Å². The number of benzene rings is 1. The van der Waals surface area contributed by atoms with Gasteiger partial charge in [0, 0.05) is 11.6 Å². The van der Waals surface area contributed by atoms with Crippen LogP contribution in [0.3, 0.4) is 0 Å². The predicted molar refractivity (Wildman–Crippen MR) is 63.4 cm³/mol. The van der Waals surface area contributed by atoms with Crippen molar-refractivity contribution in [3.8, 4) is 0 Å². The minimum absolute atomic E-state index is 0.00519. The van der Waals surface area contributed by atoms with Gasteiger partial charge in [-0.2, -0.15) is 0 Å². The summed E-state index contributed by atoms with van der Waals surface area (Å²) in [5, 5.41) is 1.86. The molecule has 2 aromatic rings. The first kappa shape index (κ1) is 9.97. The summed E-state index contributed by atoms with van der Waals surface area (Å²) in [6.07, 6.45) is 1.83. The molecule has 0 aliphatic rings. The number of hydrogen-bond donors (Lipinski definition) is 1. The van der Waals surface area contributed by atoms with Crippen LogP contribution in [0.15, 0.2) is 29.2 Å². The highest BCUT2D eigenvalue weighted by Gasteiger charge is 2.07. The molecule has 0 saturated heterocycles. The number of nitrogens with one attached hydrogen (secondary N) is 1. The minimum atomic E-state index is -0.00519. The van der Waals surface area contributed by atoms with Gasteiger partial charge in [-0.25, -0.2) is 0 Å². The van der Waals surface area contributed by atoms with Crippen LogP contribution < -0.4 is 5.56 Å². The van der Waals surface area contributed by atoms with E-state index in [1.165, 1.54) is 11.1 Å². The molecule has 78 valence electrons. The lowest BCUT2D eigenvalue weighted by molar-refractivity contribution is 0.867. The fourth-order valence-electron chi connectivity index (χ4n) is 1.87. The van der Waals surface area contributed by atoms with E-state index in [1.54, 1.807) is 0 Å². The molecular formula is C13H15NO. The maximum atomic E-state index is 11.6. The molecule has 0 spiro atoms. The molecule has 1 aromatic heterocycles. The van der Waals surface area contributed by atoms with Gasteiger partial charge in [-0.05, 0) is 29.9 Å². The Morgan fingerprint density at radius 2 is 1.93 bits per heavy atom. The average Bonchev–Trinajstić information content (AvgIpc) is 2.17. The van der Waals surface area contributed by atoms with Crippen molar-refractivity contribution in [2.24, 2.45) is 0 Å². The van der Waals surface area contributed by atoms with Crippen molar-refractivity contribution >= 4 is 10.8 Å². The maximum absolute atomic E-state index is 11.6. The van der Waals surface area contributed by atoms with Gasteiger partial charge in [0.15, 0.2) is 0 Å². The number of aromatic amines is 1. The second-order valence-electron chi connectivity index (χ2n) is 4.28. The van der Waals surface area contributed by atoms with Crippen LogP contribution in [-0.2, 0) is 0 Å². The standard InChI is InChI=1S/C13H15NO/c1-8(2)12-7-14-13(15)10-5-4-9(3)6-11(10)12/h4-8H,1-3H3,(H,14,15). The summed E-state index contributed by atoms with van der Waals surface area (Å²) in [6.45, 7) is 6.32. The van der Waals surface area contributed by atoms with Crippen molar-refractivity contribution in [1.29, 1.82) is 0 Å². The Labute approximate surface area is 89.0 Å². The Bertz CT molecular complexity index is 552. The molecule has 2 nitrogen and oxygen atoms in total. The molecule has 0 amide bonds. The zero-order valence-corrected chi connectivity index (χ0v) is 9.29. The summed E-state index contributed by atoms with van der Waals surface area (Å²) in [5.41, 5.74) is 2.39. The third kappa shape index (κ3) is 1.67. The van der Waals surface area contributed by atoms with Crippen molar-refractivity contribution in [2.45, 2.75) is 26.7 Å². The number of pyridine rings is 1. The monoisotopic (exact) mass is 201 g/mol. The van der Waals surface area contributed by atoms with E-state index in [4.69, 9.17) is 0 Å². The van der Waals surface area contributed by atoms with E-state index in [1.807, 2.05) is 25.3 Å². The van der Waals surface area contributed by atoms with E-state index in [2.05, 4.69) is 24.9 Å². The van der Waals surface area contributed by atoms with Gasteiger partial charge in [-0.3, -0.25) is 4.79 Å². The Morgan fingerprint density at radius 3 is 2.60 bits per heavy atom. The molecule has 2 heteroatoms. The third-order valence-corrected chi connectivity index (χ3v) is 2.71. The van der Waals surface area contributed by atoms with Crippen molar-refractivity contribution in [3.63, 3.8) is 0 Å². The first-order valence-corrected chi connectivity index (χ1v) is 5.21. The maximum Gasteiger partial charge on any atom is 0.255 e. The second-order valence-corrected chi connectivity index (χ2v) is 4.28. The van der Waals surface area contributed by atoms with Gasteiger partial charge in [0.1, 0.15) is 0 Å². The molecule has 1 heterocycles. The molecule has 1 N–H and O–H groups in total. The fraction of sp³-hybridized carbons (Fsp3) is 0.308. The van der Waals surface area contributed by atoms with Crippen LogP contribution in [0.25, 0.3) is 10.8 Å². The molecule has 15 heavy (non-hydrogen) atoms. The van der Waals surface area contributed by atoms with Crippen LogP contribution in [0.2, 0.25) is 0 Å². The smallest absolute Gasteiger partial charge is 0.255 e. The number of H-pyrrole nitrogens is 1. The first-order chi connectivity index (χ1) is 7.09. The molecule has 0 radical (unpaired) electrons. The number of rotatable bonds is 1. The van der Waals surface area contributed by atoms with Gasteiger partial charge >= 0.3 is 0 Å². The number of fused-ring (bicyclic) bond motifs is 1. The van der Waals surface area contributed by atoms with Crippen LogP contribution in [0.4, 0.5) is 0 Å². The summed E-state index contributed by atoms with van der Waals surface area (Å²) in [6, 6.07) is 5.96. The second kappa shape index (κ2) is 3.54. The molecule has 2 rings (SSSR count). The summed E-state index contributed by atoms with van der Waals surface area (Å²) < 4.78 is 0. The van der Waals surface area contributed by atoms with Gasteiger partial charge in [-0.1, -0.05) is 31.5 Å². The van der Waals surface area contributed by atoms with Crippen molar-refractivity contribution in [1.82, 2.24) is 4.98 Å². The van der Waals surface area contributed by atoms with Gasteiger partial charge in [0.25, 0.3) is 5.56 Å². The molecule has 1 aromatic carbocycles. The molecular weight excluding hydrogens is 186 g/mol. The van der Waals surface area contributed by atoms with Crippen molar-refractivity contribution < 1.29 is 0 Å². The van der Waals surface area contributed by atoms with Crippen LogP contribution in [-0.4, -0.2) is 4.98 Å². The first-order valence-electron chi connectivity index (χ1n) is 5.21. The Kier molecular flexibility index (Phi) is 2.35. The lowest BCUT2D eigenvalue weighted by Gasteiger charge is -2.09. The van der Waals surface area contributed by atoms with Gasteiger partial charge < -0.3 is 4.98 Å². The van der Waals surface area contributed by atoms with E-state index in [0.29, 0.717) is 5.92 Å². The highest BCUT2D eigenvalue weighted by molar-refractivity contribution is 5.85. The lowest BCUT2D eigenvalue weighted by atomic mass is 9.97. The molecule has 0 bridgehead atoms. The summed E-state index contributed by atoms with van der Waals surface area (Å²) >= 11 is 0. The predicted octanol–water partition coefficient (Wildman–Crippen LogP) is 2.96. The highest BCUT2D eigenvalue weighted by Crippen LogP contribution is 2.22. The molecule has 0 unspecified atom stereocenters. The van der Waals surface area contributed by atoms with Crippen LogP contribution in [0.5, 0.6) is 0 Å². The van der Waals surface area contributed by atoms with Crippen LogP contribution >= 0.6 is 0 Å². The summed E-state index contributed by atoms with van der Waals surface area (Å²) in [4.78, 5) is 14.4. The zero-order valence-electron chi connectivity index (χ0n) is 9.29. The topological polar surface area (TPSA) is 32.9 Å². The molecule has 0 aliphatic heterocycles. The lowest BCUT2D eigenvalue weighted by Crippen LogP contribution is -2.07. The Balaban J connectivity index is 2.90. The largest absolute Gasteiger partial charge is 0.328 e. The normalized spacial score (nSPS) is 11.2. The number of hydrogen-bond acceptors (Lipinski definition) is 1. The third-order valence-electron chi connectivity index (χ3n) is 2.71. The van der Waals surface area contributed by atoms with Crippen LogP contribution in [0.1, 0.15) is 30.9 Å². The zero-order chi connectivity index (χ0) is 11.0. The van der Waals surface area contributed by atoms with Crippen LogP contribution in [0, 0.1) is 6.92 Å². The molecule has 0 saturated carbocycles. The molecule has 0 fully saturated rings. The minimum Gasteiger partial charge on any atom is -0.328 e. The van der Waals surface area contributed by atoms with E-state index in [9.17, 15) is 4.79 Å². The number of aryl methyl sites for hydroxylation is 1. The SMILES string of the molecule is Cc1ccc2c(=O)[nH]cc(C(C)C)c2c1. The van der Waals surface area contributed by atoms with E-state index >= 15 is 0 Å². The average molecular weight is 201 g/mol. The molecule has 0 aliphatic carbocycles. The van der Waals surface area contributed by atoms with E-state index in [0.717, 1.165) is 10.8 Å². The fourth-order valence-corrected chi connectivity index (χ4v) is 1.87. The highest BCUT2D eigenvalue weighted by atomic mass is 16.1. The van der Waals surface area contributed by atoms with E-state index < -0.39 is 0 Å². The molecule has 0 atom stereocenters. The van der Waals surface area contributed by atoms with Crippen molar-refractivity contribution in [2.75, 3.05) is 0 Å². The van der Waals surface area contributed by atoms with Gasteiger partial charge in [0.2, 0.25) is 0 Å². The summed E-state index contributed by atoms with van der Waals surface area (Å²) in [5.74, 6) is 0.422. The van der Waals surface area contributed by atoms with Crippen molar-refractivity contribution in [3.05, 3.63) is 45.9 Å². The number of aromatic nitrogens is 1. The van der Waals surface area contributed by atoms with E-state index in [-0.39, 0.29) is 5.56 Å². The Morgan fingerprint density at radius 1 is 1.20 bits per heavy atom. The summed E-state index contributed by atoms with van der Waals surface area (Å²) in [7, 11) is 0.